The lowest BCUT2D eigenvalue weighted by Crippen LogP contribution is -2.01. The predicted octanol–water partition coefficient (Wildman–Crippen LogP) is 2.93. The topological polar surface area (TPSA) is 37.3 Å². The van der Waals surface area contributed by atoms with Gasteiger partial charge in [0, 0.05) is 4.90 Å². The van der Waals surface area contributed by atoms with Gasteiger partial charge in [0.1, 0.15) is 0 Å². The van der Waals surface area contributed by atoms with Crippen molar-refractivity contribution in [2.75, 3.05) is 0 Å². The molecule has 0 aromatic heterocycles. The molecule has 0 unspecified atom stereocenters. The van der Waals surface area contributed by atoms with Crippen LogP contribution >= 0.6 is 11.8 Å². The molecule has 1 N–H and O–H groups in total. The Morgan fingerprint density at radius 2 is 2.07 bits per heavy atom. The maximum Gasteiger partial charge on any atom is 0.446 e. The van der Waals surface area contributed by atoms with Crippen molar-refractivity contribution >= 4 is 17.7 Å². The lowest BCUT2D eigenvalue weighted by molar-refractivity contribution is -0.136. The van der Waals surface area contributed by atoms with Gasteiger partial charge in [0.05, 0.1) is 6.42 Å². The Bertz CT molecular complexity index is 363. The zero-order valence-electron chi connectivity index (χ0n) is 7.41. The van der Waals surface area contributed by atoms with Gasteiger partial charge in [-0.2, -0.15) is 13.2 Å². The summed E-state index contributed by atoms with van der Waals surface area (Å²) in [5, 5.41) is 8.46. The lowest BCUT2D eigenvalue weighted by Gasteiger charge is -2.06. The lowest BCUT2D eigenvalue weighted by atomic mass is 10.2. The van der Waals surface area contributed by atoms with Crippen LogP contribution in [-0.2, 0) is 11.2 Å². The van der Waals surface area contributed by atoms with Gasteiger partial charge < -0.3 is 5.11 Å². The molecule has 0 bridgehead atoms. The third-order valence-electron chi connectivity index (χ3n) is 1.49. The highest BCUT2D eigenvalue weighted by Gasteiger charge is 2.29. The maximum atomic E-state index is 12.0. The van der Waals surface area contributed by atoms with E-state index in [1.54, 1.807) is 0 Å². The molecule has 0 spiro atoms. The highest BCUT2D eigenvalue weighted by atomic mass is 32.2. The maximum absolute atomic E-state index is 12.0. The van der Waals surface area contributed by atoms with Gasteiger partial charge in [-0.1, -0.05) is 12.1 Å². The van der Waals surface area contributed by atoms with E-state index in [2.05, 4.69) is 0 Å². The van der Waals surface area contributed by atoms with E-state index in [4.69, 9.17) is 5.11 Å². The number of carbonyl (C=O) groups is 1. The van der Waals surface area contributed by atoms with E-state index in [1.807, 2.05) is 0 Å². The average Bonchev–Trinajstić information content (AvgIpc) is 1.99. The molecule has 0 heterocycles. The van der Waals surface area contributed by atoms with E-state index in [9.17, 15) is 18.0 Å². The van der Waals surface area contributed by atoms with E-state index < -0.39 is 11.5 Å². The second kappa shape index (κ2) is 4.57. The molecule has 6 heteroatoms. The molecule has 0 saturated carbocycles. The highest BCUT2D eigenvalue weighted by molar-refractivity contribution is 8.00. The summed E-state index contributed by atoms with van der Waals surface area (Å²) in [6.45, 7) is 0. The first-order valence-electron chi connectivity index (χ1n) is 3.93. The zero-order chi connectivity index (χ0) is 11.5. The third kappa shape index (κ3) is 4.73. The summed E-state index contributed by atoms with van der Waals surface area (Å²) in [6, 6.07) is 5.41. The molecule has 0 amide bonds. The molecule has 1 rings (SSSR count). The SMILES string of the molecule is O=C(O)Cc1cccc(SC(F)(F)F)c1. The first-order valence-corrected chi connectivity index (χ1v) is 4.75. The molecule has 0 aliphatic heterocycles. The van der Waals surface area contributed by atoms with Crippen molar-refractivity contribution in [1.29, 1.82) is 0 Å². The fourth-order valence-corrected chi connectivity index (χ4v) is 1.65. The molecule has 1 aromatic carbocycles. The van der Waals surface area contributed by atoms with E-state index in [0.29, 0.717) is 5.56 Å². The van der Waals surface area contributed by atoms with Gasteiger partial charge in [0.25, 0.3) is 0 Å². The first-order chi connectivity index (χ1) is 6.87. The molecule has 2 nitrogen and oxygen atoms in total. The highest BCUT2D eigenvalue weighted by Crippen LogP contribution is 2.36. The number of halogens is 3. The minimum atomic E-state index is -4.35. The third-order valence-corrected chi connectivity index (χ3v) is 2.21. The van der Waals surface area contributed by atoms with Crippen LogP contribution in [0.15, 0.2) is 29.2 Å². The van der Waals surface area contributed by atoms with Gasteiger partial charge in [-0.15, -0.1) is 0 Å². The molecular formula is C9H7F3O2S. The Labute approximate surface area is 88.1 Å². The standard InChI is InChI=1S/C9H7F3O2S/c10-9(11,12)15-7-3-1-2-6(4-7)5-8(13)14/h1-4H,5H2,(H,13,14). The monoisotopic (exact) mass is 236 g/mol. The number of hydrogen-bond acceptors (Lipinski definition) is 2. The summed E-state index contributed by atoms with van der Waals surface area (Å²) >= 11 is -0.251. The average molecular weight is 236 g/mol. The van der Waals surface area contributed by atoms with Crippen LogP contribution < -0.4 is 0 Å². The summed E-state index contributed by atoms with van der Waals surface area (Å²) in [6.07, 6.45) is -0.272. The molecule has 0 aliphatic rings. The summed E-state index contributed by atoms with van der Waals surface area (Å²) in [5.41, 5.74) is -3.99. The van der Waals surface area contributed by atoms with Gasteiger partial charge in [0.2, 0.25) is 0 Å². The molecule has 1 aromatic rings. The number of alkyl halides is 3. The molecule has 0 saturated heterocycles. The van der Waals surface area contributed by atoms with Gasteiger partial charge in [-0.05, 0) is 29.5 Å². The smallest absolute Gasteiger partial charge is 0.446 e. The van der Waals surface area contributed by atoms with Gasteiger partial charge in [-0.3, -0.25) is 4.79 Å². The predicted molar refractivity (Wildman–Crippen MR) is 49.7 cm³/mol. The van der Waals surface area contributed by atoms with Crippen molar-refractivity contribution in [3.05, 3.63) is 29.8 Å². The van der Waals surface area contributed by atoms with Crippen molar-refractivity contribution in [3.63, 3.8) is 0 Å². The Hall–Kier alpha value is -1.17. The molecule has 0 radical (unpaired) electrons. The molecule has 0 fully saturated rings. The van der Waals surface area contributed by atoms with Crippen molar-refractivity contribution < 1.29 is 23.1 Å². The van der Waals surface area contributed by atoms with Gasteiger partial charge in [0.15, 0.2) is 0 Å². The molecule has 15 heavy (non-hydrogen) atoms. The minimum absolute atomic E-state index is 0.00116. The Balaban J connectivity index is 2.79. The van der Waals surface area contributed by atoms with Crippen molar-refractivity contribution in [2.45, 2.75) is 16.8 Å². The van der Waals surface area contributed by atoms with Gasteiger partial charge in [-0.25, -0.2) is 0 Å². The quantitative estimate of drug-likeness (QED) is 0.820. The van der Waals surface area contributed by atoms with Gasteiger partial charge >= 0.3 is 11.5 Å². The van der Waals surface area contributed by atoms with E-state index in [0.717, 1.165) is 0 Å². The number of benzene rings is 1. The molecular weight excluding hydrogens is 229 g/mol. The number of hydrogen-bond donors (Lipinski definition) is 1. The number of aliphatic carboxylic acids is 1. The fourth-order valence-electron chi connectivity index (χ4n) is 1.03. The normalized spacial score (nSPS) is 11.4. The van der Waals surface area contributed by atoms with Crippen LogP contribution in [0.2, 0.25) is 0 Å². The summed E-state index contributed by atoms with van der Waals surface area (Å²) < 4.78 is 35.9. The number of rotatable bonds is 3. The summed E-state index contributed by atoms with van der Waals surface area (Å²) in [4.78, 5) is 10.3. The largest absolute Gasteiger partial charge is 0.481 e. The Kier molecular flexibility index (Phi) is 3.62. The Morgan fingerprint density at radius 3 is 2.60 bits per heavy atom. The van der Waals surface area contributed by atoms with Crippen LogP contribution in [0.25, 0.3) is 0 Å². The molecule has 0 atom stereocenters. The van der Waals surface area contributed by atoms with Crippen LogP contribution in [-0.4, -0.2) is 16.6 Å². The Morgan fingerprint density at radius 1 is 1.40 bits per heavy atom. The summed E-state index contributed by atoms with van der Waals surface area (Å²) in [5.74, 6) is -1.07. The van der Waals surface area contributed by atoms with E-state index >= 15 is 0 Å². The number of thioether (sulfide) groups is 1. The zero-order valence-corrected chi connectivity index (χ0v) is 8.23. The van der Waals surface area contributed by atoms with E-state index in [-0.39, 0.29) is 23.1 Å². The first kappa shape index (κ1) is 11.9. The number of carboxylic acid groups (broad SMARTS) is 1. The fraction of sp³-hybridized carbons (Fsp3) is 0.222. The van der Waals surface area contributed by atoms with Crippen molar-refractivity contribution in [3.8, 4) is 0 Å². The second-order valence-electron chi connectivity index (χ2n) is 2.77. The van der Waals surface area contributed by atoms with Crippen molar-refractivity contribution in [1.82, 2.24) is 0 Å². The minimum Gasteiger partial charge on any atom is -0.481 e. The van der Waals surface area contributed by atoms with Crippen LogP contribution in [0.4, 0.5) is 13.2 Å². The van der Waals surface area contributed by atoms with Crippen LogP contribution in [0.1, 0.15) is 5.56 Å². The molecule has 82 valence electrons. The van der Waals surface area contributed by atoms with Crippen LogP contribution in [0, 0.1) is 0 Å². The van der Waals surface area contributed by atoms with Crippen LogP contribution in [0.5, 0.6) is 0 Å². The summed E-state index contributed by atoms with van der Waals surface area (Å²) in [7, 11) is 0. The van der Waals surface area contributed by atoms with Crippen molar-refractivity contribution in [2.24, 2.45) is 0 Å². The number of carboxylic acids is 1. The van der Waals surface area contributed by atoms with E-state index in [1.165, 1.54) is 24.3 Å². The molecule has 0 aliphatic carbocycles. The van der Waals surface area contributed by atoms with Crippen LogP contribution in [0.3, 0.4) is 0 Å². The second-order valence-corrected chi connectivity index (χ2v) is 3.90.